The Bertz CT molecular complexity index is 416. The molecule has 1 heterocycles. The Morgan fingerprint density at radius 2 is 2.31 bits per heavy atom. The van der Waals surface area contributed by atoms with Crippen molar-refractivity contribution in [2.45, 2.75) is 5.88 Å². The number of hydrogen-bond donors (Lipinski definition) is 1. The van der Waals surface area contributed by atoms with Crippen LogP contribution in [0.15, 0.2) is 12.1 Å². The normalized spacial score (nSPS) is 11.0. The quantitative estimate of drug-likeness (QED) is 0.636. The van der Waals surface area contributed by atoms with Crippen molar-refractivity contribution >= 4 is 45.2 Å². The van der Waals surface area contributed by atoms with E-state index in [0.717, 1.165) is 9.09 Å². The van der Waals surface area contributed by atoms with E-state index in [-0.39, 0.29) is 11.7 Å². The van der Waals surface area contributed by atoms with Crippen LogP contribution in [-0.4, -0.2) is 9.97 Å². The second-order valence-electron chi connectivity index (χ2n) is 2.57. The van der Waals surface area contributed by atoms with Gasteiger partial charge < -0.3 is 4.98 Å². The molecular formula is C8H5ClFIN2. The minimum atomic E-state index is -0.317. The maximum absolute atomic E-state index is 13.2. The van der Waals surface area contributed by atoms with Gasteiger partial charge in [-0.3, -0.25) is 0 Å². The average molecular weight is 310 g/mol. The van der Waals surface area contributed by atoms with E-state index < -0.39 is 0 Å². The van der Waals surface area contributed by atoms with Gasteiger partial charge in [-0.2, -0.15) is 0 Å². The lowest BCUT2D eigenvalue weighted by molar-refractivity contribution is 0.637. The highest BCUT2D eigenvalue weighted by atomic mass is 127. The molecule has 0 saturated carbocycles. The molecule has 0 unspecified atom stereocenters. The number of alkyl halides is 1. The van der Waals surface area contributed by atoms with Gasteiger partial charge in [0.05, 0.1) is 11.4 Å². The molecule has 0 aliphatic rings. The molecule has 0 spiro atoms. The van der Waals surface area contributed by atoms with Crippen molar-refractivity contribution in [1.82, 2.24) is 9.97 Å². The van der Waals surface area contributed by atoms with Crippen LogP contribution in [-0.2, 0) is 5.88 Å². The molecule has 2 nitrogen and oxygen atoms in total. The van der Waals surface area contributed by atoms with Crippen molar-refractivity contribution in [2.24, 2.45) is 0 Å². The first-order valence-corrected chi connectivity index (χ1v) is 5.22. The van der Waals surface area contributed by atoms with Crippen LogP contribution in [0.2, 0.25) is 0 Å². The molecule has 0 atom stereocenters. The molecule has 1 N–H and O–H groups in total. The van der Waals surface area contributed by atoms with Crippen molar-refractivity contribution in [3.8, 4) is 0 Å². The minimum absolute atomic E-state index is 0.268. The van der Waals surface area contributed by atoms with Crippen LogP contribution in [0, 0.1) is 9.39 Å². The summed E-state index contributed by atoms with van der Waals surface area (Å²) in [5.41, 5.74) is 1.08. The number of aromatic nitrogens is 2. The number of H-pyrrole nitrogens is 1. The van der Waals surface area contributed by atoms with Crippen molar-refractivity contribution in [3.63, 3.8) is 0 Å². The van der Waals surface area contributed by atoms with Gasteiger partial charge in [0.15, 0.2) is 5.82 Å². The van der Waals surface area contributed by atoms with E-state index in [2.05, 4.69) is 32.6 Å². The Balaban J connectivity index is 2.80. The predicted octanol–water partition coefficient (Wildman–Crippen LogP) is 3.05. The minimum Gasteiger partial charge on any atom is -0.340 e. The molecule has 1 aromatic heterocycles. The third kappa shape index (κ3) is 1.52. The lowest BCUT2D eigenvalue weighted by Crippen LogP contribution is -1.80. The number of halogens is 3. The van der Waals surface area contributed by atoms with E-state index in [1.807, 2.05) is 0 Å². The largest absolute Gasteiger partial charge is 0.340 e. The molecule has 5 heteroatoms. The van der Waals surface area contributed by atoms with Crippen molar-refractivity contribution in [3.05, 3.63) is 27.3 Å². The molecule has 2 aromatic rings. The molecular weight excluding hydrogens is 305 g/mol. The summed E-state index contributed by atoms with van der Waals surface area (Å²) in [7, 11) is 0. The van der Waals surface area contributed by atoms with E-state index in [1.165, 1.54) is 6.07 Å². The van der Waals surface area contributed by atoms with Gasteiger partial charge in [-0.25, -0.2) is 9.37 Å². The summed E-state index contributed by atoms with van der Waals surface area (Å²) in [5.74, 6) is 0.548. The topological polar surface area (TPSA) is 28.7 Å². The van der Waals surface area contributed by atoms with Crippen LogP contribution < -0.4 is 0 Å². The SMILES string of the molecule is Fc1ccc(I)c2[nH]c(CCl)nc12. The number of imidazole rings is 1. The number of hydrogen-bond acceptors (Lipinski definition) is 1. The highest BCUT2D eigenvalue weighted by molar-refractivity contribution is 14.1. The maximum Gasteiger partial charge on any atom is 0.151 e. The van der Waals surface area contributed by atoms with Crippen LogP contribution >= 0.6 is 34.2 Å². The summed E-state index contributed by atoms with van der Waals surface area (Å²) in [5, 5.41) is 0. The zero-order chi connectivity index (χ0) is 9.42. The monoisotopic (exact) mass is 310 g/mol. The van der Waals surface area contributed by atoms with E-state index in [0.29, 0.717) is 11.3 Å². The van der Waals surface area contributed by atoms with Crippen LogP contribution in [0.1, 0.15) is 5.82 Å². The number of nitrogens with zero attached hydrogens (tertiary/aromatic N) is 1. The molecule has 0 amide bonds. The van der Waals surface area contributed by atoms with Crippen LogP contribution in [0.5, 0.6) is 0 Å². The molecule has 0 saturated heterocycles. The first-order valence-electron chi connectivity index (χ1n) is 3.61. The molecule has 2 rings (SSSR count). The van der Waals surface area contributed by atoms with Crippen LogP contribution in [0.3, 0.4) is 0 Å². The number of fused-ring (bicyclic) bond motifs is 1. The second-order valence-corrected chi connectivity index (χ2v) is 4.00. The average Bonchev–Trinajstić information content (AvgIpc) is 2.56. The third-order valence-electron chi connectivity index (χ3n) is 1.72. The highest BCUT2D eigenvalue weighted by Crippen LogP contribution is 2.21. The second kappa shape index (κ2) is 3.42. The number of nitrogens with one attached hydrogen (secondary N) is 1. The lowest BCUT2D eigenvalue weighted by Gasteiger charge is -1.92. The zero-order valence-corrected chi connectivity index (χ0v) is 9.36. The van der Waals surface area contributed by atoms with Gasteiger partial charge in [0, 0.05) is 3.57 Å². The van der Waals surface area contributed by atoms with Gasteiger partial charge in [0.25, 0.3) is 0 Å². The molecule has 0 aliphatic heterocycles. The van der Waals surface area contributed by atoms with E-state index >= 15 is 0 Å². The fourth-order valence-corrected chi connectivity index (χ4v) is 1.84. The van der Waals surface area contributed by atoms with Gasteiger partial charge in [0.2, 0.25) is 0 Å². The molecule has 0 fully saturated rings. The Morgan fingerprint density at radius 1 is 1.54 bits per heavy atom. The molecule has 13 heavy (non-hydrogen) atoms. The smallest absolute Gasteiger partial charge is 0.151 e. The molecule has 1 aromatic carbocycles. The number of rotatable bonds is 1. The van der Waals surface area contributed by atoms with E-state index in [1.54, 1.807) is 6.07 Å². The summed E-state index contributed by atoms with van der Waals surface area (Å²) in [4.78, 5) is 6.99. The van der Waals surface area contributed by atoms with E-state index in [9.17, 15) is 4.39 Å². The summed E-state index contributed by atoms with van der Waals surface area (Å²) in [6.45, 7) is 0. The Hall–Kier alpha value is -0.360. The number of benzene rings is 1. The fourth-order valence-electron chi connectivity index (χ4n) is 1.14. The van der Waals surface area contributed by atoms with Gasteiger partial charge in [-0.05, 0) is 34.7 Å². The van der Waals surface area contributed by atoms with Crippen molar-refractivity contribution in [2.75, 3.05) is 0 Å². The summed E-state index contributed by atoms with van der Waals surface area (Å²) < 4.78 is 14.1. The maximum atomic E-state index is 13.2. The van der Waals surface area contributed by atoms with Crippen molar-refractivity contribution in [1.29, 1.82) is 0 Å². The Kier molecular flexibility index (Phi) is 2.42. The van der Waals surface area contributed by atoms with Gasteiger partial charge in [0.1, 0.15) is 11.3 Å². The number of aromatic amines is 1. The fraction of sp³-hybridized carbons (Fsp3) is 0.125. The van der Waals surface area contributed by atoms with E-state index in [4.69, 9.17) is 11.6 Å². The standard InChI is InChI=1S/C8H5ClFIN2/c9-3-6-12-7-4(10)1-2-5(11)8(7)13-6/h1-2H,3H2,(H,12,13). The summed E-state index contributed by atoms with van der Waals surface area (Å²) in [6.07, 6.45) is 0. The first kappa shape index (κ1) is 9.21. The zero-order valence-electron chi connectivity index (χ0n) is 6.44. The predicted molar refractivity (Wildman–Crippen MR) is 58.3 cm³/mol. The van der Waals surface area contributed by atoms with Crippen LogP contribution in [0.4, 0.5) is 4.39 Å². The molecule has 0 bridgehead atoms. The summed E-state index contributed by atoms with van der Waals surface area (Å²) >= 11 is 7.71. The van der Waals surface area contributed by atoms with Gasteiger partial charge >= 0.3 is 0 Å². The Morgan fingerprint density at radius 3 is 2.92 bits per heavy atom. The molecule has 0 radical (unpaired) electrons. The third-order valence-corrected chi connectivity index (χ3v) is 2.87. The Labute approximate surface area is 92.6 Å². The van der Waals surface area contributed by atoms with Crippen molar-refractivity contribution < 1.29 is 4.39 Å². The first-order chi connectivity index (χ1) is 6.22. The highest BCUT2D eigenvalue weighted by Gasteiger charge is 2.09. The van der Waals surface area contributed by atoms with Gasteiger partial charge in [-0.15, -0.1) is 11.6 Å². The molecule has 68 valence electrons. The molecule has 0 aliphatic carbocycles. The lowest BCUT2D eigenvalue weighted by atomic mass is 10.3. The van der Waals surface area contributed by atoms with Crippen LogP contribution in [0.25, 0.3) is 11.0 Å². The summed E-state index contributed by atoms with van der Waals surface area (Å²) in [6, 6.07) is 3.11. The van der Waals surface area contributed by atoms with Gasteiger partial charge in [-0.1, -0.05) is 0 Å².